The molecule has 0 aromatic heterocycles. The number of allylic oxidation sites excluding steroid dienone is 1. The van der Waals surface area contributed by atoms with Crippen molar-refractivity contribution in [1.82, 2.24) is 10.0 Å². The Hall–Kier alpha value is -3.12. The van der Waals surface area contributed by atoms with Gasteiger partial charge in [0.15, 0.2) is 0 Å². The van der Waals surface area contributed by atoms with Crippen LogP contribution in [0.5, 0.6) is 5.75 Å². The van der Waals surface area contributed by atoms with Gasteiger partial charge in [0, 0.05) is 55.5 Å². The van der Waals surface area contributed by atoms with E-state index in [0.29, 0.717) is 62.2 Å². The lowest BCUT2D eigenvalue weighted by atomic mass is 9.68. The third-order valence-corrected chi connectivity index (χ3v) is 13.5. The molecule has 3 heterocycles. The molecular formula is C38H49ClN4O6S. The highest BCUT2D eigenvalue weighted by molar-refractivity contribution is 7.92. The summed E-state index contributed by atoms with van der Waals surface area (Å²) >= 11 is 6.45. The summed E-state index contributed by atoms with van der Waals surface area (Å²) in [5, 5.41) is 3.65. The summed E-state index contributed by atoms with van der Waals surface area (Å²) in [7, 11) is -1.71. The zero-order chi connectivity index (χ0) is 34.9. The van der Waals surface area contributed by atoms with Crippen LogP contribution >= 0.6 is 11.6 Å². The van der Waals surface area contributed by atoms with Gasteiger partial charge in [0.1, 0.15) is 15.7 Å². The summed E-state index contributed by atoms with van der Waals surface area (Å²) in [6, 6.07) is 10.9. The summed E-state index contributed by atoms with van der Waals surface area (Å²) in [5.74, 6) is 0.730. The number of anilines is 1. The Morgan fingerprint density at radius 3 is 2.76 bits per heavy atom. The van der Waals surface area contributed by atoms with E-state index in [1.165, 1.54) is 11.1 Å². The highest BCUT2D eigenvalue weighted by atomic mass is 35.5. The van der Waals surface area contributed by atoms with Crippen LogP contribution in [0.3, 0.4) is 0 Å². The Bertz CT molecular complexity index is 1750. The highest BCUT2D eigenvalue weighted by Gasteiger charge is 2.44. The molecule has 0 radical (unpaired) electrons. The minimum absolute atomic E-state index is 0.0279. The molecule has 2 bridgehead atoms. The number of halogens is 1. The van der Waals surface area contributed by atoms with Crippen LogP contribution in [0.4, 0.5) is 10.5 Å². The first-order valence-electron chi connectivity index (χ1n) is 18.1. The number of ether oxygens (including phenoxy) is 3. The van der Waals surface area contributed by atoms with Gasteiger partial charge >= 0.3 is 6.03 Å². The first-order chi connectivity index (χ1) is 24.1. The zero-order valence-electron chi connectivity index (χ0n) is 29.0. The predicted octanol–water partition coefficient (Wildman–Crippen LogP) is 6.45. The number of hydrogen-bond donors (Lipinski definition) is 2. The van der Waals surface area contributed by atoms with Gasteiger partial charge in [-0.2, -0.15) is 0 Å². The topological polar surface area (TPSA) is 119 Å². The monoisotopic (exact) mass is 724 g/mol. The van der Waals surface area contributed by atoms with E-state index in [-0.39, 0.29) is 29.2 Å². The molecule has 10 nitrogen and oxygen atoms in total. The van der Waals surface area contributed by atoms with E-state index in [9.17, 15) is 13.8 Å². The zero-order valence-corrected chi connectivity index (χ0v) is 30.6. The highest BCUT2D eigenvalue weighted by Crippen LogP contribution is 2.47. The molecular weight excluding hydrogens is 676 g/mol. The first kappa shape index (κ1) is 35.3. The van der Waals surface area contributed by atoms with Crippen LogP contribution in [-0.4, -0.2) is 74.1 Å². The molecule has 12 heteroatoms. The third kappa shape index (κ3) is 7.56. The first-order valence-corrected chi connectivity index (χ1v) is 20.2. The molecule has 1 unspecified atom stereocenters. The summed E-state index contributed by atoms with van der Waals surface area (Å²) in [6.45, 7) is 5.09. The summed E-state index contributed by atoms with van der Waals surface area (Å²) in [6.07, 6.45) is 11.3. The molecule has 1 saturated heterocycles. The number of hydrogen-bond acceptors (Lipinski definition) is 7. The van der Waals surface area contributed by atoms with Gasteiger partial charge in [-0.1, -0.05) is 36.7 Å². The molecule has 1 spiro atoms. The molecule has 2 aliphatic carbocycles. The molecule has 1 saturated carbocycles. The second-order valence-corrected chi connectivity index (χ2v) is 17.4. The van der Waals surface area contributed by atoms with Crippen LogP contribution in [0.1, 0.15) is 73.4 Å². The number of rotatable bonds is 3. The largest absolute Gasteiger partial charge is 0.490 e. The Balaban J connectivity index is 1.26. The van der Waals surface area contributed by atoms with Crippen molar-refractivity contribution >= 4 is 39.1 Å². The van der Waals surface area contributed by atoms with Crippen LogP contribution < -0.4 is 19.7 Å². The summed E-state index contributed by atoms with van der Waals surface area (Å²) < 4.78 is 39.4. The number of benzene rings is 2. The second kappa shape index (κ2) is 14.9. The lowest BCUT2D eigenvalue weighted by molar-refractivity contribution is 0.0131. The van der Waals surface area contributed by atoms with Crippen molar-refractivity contribution < 1.29 is 28.0 Å². The third-order valence-electron chi connectivity index (χ3n) is 11.3. The lowest BCUT2D eigenvalue weighted by Crippen LogP contribution is -2.49. The van der Waals surface area contributed by atoms with E-state index in [1.54, 1.807) is 13.2 Å². The fourth-order valence-corrected chi connectivity index (χ4v) is 10.6. The van der Waals surface area contributed by atoms with Crippen LogP contribution in [-0.2, 0) is 31.2 Å². The SMILES string of the molecule is CO[C@H]1/C=C\C[C@H](C)CS(=O)(NC(=O)NC2CCOCC2)=NC(=O)c2ccc3c(c2)N(C[C@@H]2CC[C@H]21)C[C@@]1(CCCc2cc(Cl)ccc21)CO3. The van der Waals surface area contributed by atoms with Crippen LogP contribution in [0.2, 0.25) is 5.02 Å². The van der Waals surface area contributed by atoms with Crippen molar-refractivity contribution in [2.75, 3.05) is 50.7 Å². The average molecular weight is 725 g/mol. The van der Waals surface area contributed by atoms with Crippen molar-refractivity contribution in [3.05, 3.63) is 70.3 Å². The maximum atomic E-state index is 14.4. The van der Waals surface area contributed by atoms with Gasteiger partial charge in [-0.25, -0.2) is 9.00 Å². The van der Waals surface area contributed by atoms with Crippen LogP contribution in [0, 0.1) is 17.8 Å². The molecule has 5 aliphatic rings. The number of nitrogens with one attached hydrogen (secondary N) is 2. The molecule has 270 valence electrons. The van der Waals surface area contributed by atoms with E-state index in [2.05, 4.69) is 43.6 Å². The quantitative estimate of drug-likeness (QED) is 0.350. The number of nitrogens with zero attached hydrogens (tertiary/aromatic N) is 2. The van der Waals surface area contributed by atoms with Crippen molar-refractivity contribution in [3.8, 4) is 5.75 Å². The normalized spacial score (nSPS) is 32.3. The summed E-state index contributed by atoms with van der Waals surface area (Å²) in [5.41, 5.74) is 3.44. The van der Waals surface area contributed by atoms with Gasteiger partial charge in [0.25, 0.3) is 5.91 Å². The molecule has 7 rings (SSSR count). The van der Waals surface area contributed by atoms with Crippen LogP contribution in [0.15, 0.2) is 52.9 Å². The number of urea groups is 1. The molecule has 2 aromatic carbocycles. The van der Waals surface area contributed by atoms with Crippen LogP contribution in [0.25, 0.3) is 0 Å². The summed E-state index contributed by atoms with van der Waals surface area (Å²) in [4.78, 5) is 29.5. The Morgan fingerprint density at radius 2 is 1.98 bits per heavy atom. The van der Waals surface area contributed by atoms with Gasteiger partial charge in [-0.05, 0) is 111 Å². The Labute approximate surface area is 300 Å². The van der Waals surface area contributed by atoms with E-state index < -0.39 is 21.9 Å². The fraction of sp³-hybridized carbons (Fsp3) is 0.579. The molecule has 6 atom stereocenters. The van der Waals surface area contributed by atoms with Crippen molar-refractivity contribution in [1.29, 1.82) is 0 Å². The molecule has 3 amide bonds. The Kier molecular flexibility index (Phi) is 10.5. The average Bonchev–Trinajstić information content (AvgIpc) is 3.22. The predicted molar refractivity (Wildman–Crippen MR) is 195 cm³/mol. The van der Waals surface area contributed by atoms with Gasteiger partial charge in [-0.15, -0.1) is 4.36 Å². The number of amides is 3. The minimum Gasteiger partial charge on any atom is -0.490 e. The molecule has 2 fully saturated rings. The second-order valence-electron chi connectivity index (χ2n) is 14.9. The van der Waals surface area contributed by atoms with E-state index in [4.69, 9.17) is 25.8 Å². The minimum atomic E-state index is -3.48. The van der Waals surface area contributed by atoms with E-state index in [1.807, 2.05) is 25.1 Å². The van der Waals surface area contributed by atoms with E-state index in [0.717, 1.165) is 55.9 Å². The van der Waals surface area contributed by atoms with Gasteiger partial charge < -0.3 is 24.4 Å². The molecule has 50 heavy (non-hydrogen) atoms. The molecule has 2 N–H and O–H groups in total. The Morgan fingerprint density at radius 1 is 1.14 bits per heavy atom. The van der Waals surface area contributed by atoms with Crippen molar-refractivity contribution in [3.63, 3.8) is 0 Å². The van der Waals surface area contributed by atoms with Gasteiger partial charge in [0.05, 0.1) is 24.2 Å². The fourth-order valence-electron chi connectivity index (χ4n) is 8.57. The van der Waals surface area contributed by atoms with Crippen molar-refractivity contribution in [2.24, 2.45) is 22.1 Å². The van der Waals surface area contributed by atoms with Crippen molar-refractivity contribution in [2.45, 2.75) is 75.9 Å². The maximum Gasteiger partial charge on any atom is 0.327 e. The van der Waals surface area contributed by atoms with Gasteiger partial charge in [0.2, 0.25) is 0 Å². The van der Waals surface area contributed by atoms with E-state index >= 15 is 0 Å². The maximum absolute atomic E-state index is 14.4. The standard InChI is InChI=1S/C38H49ClN4O6S/c1-25-5-3-7-34(47-2)31-11-8-28(31)21-43-23-38(16-4-6-26-19-29(39)10-12-32(26)38)24-49-35-13-9-27(20-33(35)43)36(44)41-50(46,22-25)42-37(45)40-30-14-17-48-18-15-30/h3,7,9-10,12-13,19-20,25,28,30-31,34H,4-6,8,11,14-18,21-24H2,1-2H3,(H2,40,41,42,44,45,46)/b7-3-/t25-,28-,31+,34-,38-,50?/m0/s1. The number of aryl methyl sites for hydroxylation is 1. The number of fused-ring (bicyclic) bond motifs is 4. The number of methoxy groups -OCH3 is 1. The molecule has 2 aromatic rings. The number of carbonyl (C=O) groups excluding carboxylic acids is 2. The molecule has 3 aliphatic heterocycles. The smallest absolute Gasteiger partial charge is 0.327 e. The lowest BCUT2D eigenvalue weighted by Gasteiger charge is -2.46. The van der Waals surface area contributed by atoms with Gasteiger partial charge in [-0.3, -0.25) is 9.52 Å². The number of carbonyl (C=O) groups is 2.